The maximum Gasteiger partial charge on any atom is 0.240 e. The zero-order valence-corrected chi connectivity index (χ0v) is 17.6. The molecule has 0 aliphatic rings. The molecule has 0 aliphatic carbocycles. The minimum absolute atomic E-state index is 0.188. The average molecular weight is 427 g/mol. The van der Waals surface area contributed by atoms with Crippen molar-refractivity contribution in [2.24, 2.45) is 5.10 Å². The van der Waals surface area contributed by atoms with Gasteiger partial charge in [-0.3, -0.25) is 14.8 Å². The summed E-state index contributed by atoms with van der Waals surface area (Å²) in [5.74, 6) is 1.53. The molecule has 1 aromatic carbocycles. The number of benzene rings is 1. The van der Waals surface area contributed by atoms with Gasteiger partial charge in [0.2, 0.25) is 5.91 Å². The van der Waals surface area contributed by atoms with E-state index in [4.69, 9.17) is 21.1 Å². The number of carbonyl (C=O) groups is 1. The summed E-state index contributed by atoms with van der Waals surface area (Å²) in [5, 5.41) is 5.24. The van der Waals surface area contributed by atoms with E-state index in [1.54, 1.807) is 32.7 Å². The predicted octanol–water partition coefficient (Wildman–Crippen LogP) is 3.73. The number of carbonyl (C=O) groups excluding carboxylic acids is 1. The van der Waals surface area contributed by atoms with Crippen LogP contribution < -0.4 is 14.9 Å². The monoisotopic (exact) mass is 426 g/mol. The molecule has 1 amide bonds. The molecule has 0 aliphatic heterocycles. The normalized spacial score (nSPS) is 11.4. The fourth-order valence-corrected chi connectivity index (χ4v) is 3.13. The van der Waals surface area contributed by atoms with Crippen LogP contribution >= 0.6 is 11.6 Å². The Morgan fingerprint density at radius 2 is 2.00 bits per heavy atom. The molecule has 0 radical (unpaired) electrons. The van der Waals surface area contributed by atoms with E-state index in [1.807, 2.05) is 30.3 Å². The molecule has 0 atom stereocenters. The third kappa shape index (κ3) is 5.24. The van der Waals surface area contributed by atoms with Crippen LogP contribution in [0.2, 0.25) is 0 Å². The number of alkyl halides is 1. The first kappa shape index (κ1) is 21.5. The van der Waals surface area contributed by atoms with Crippen LogP contribution in [-0.4, -0.2) is 41.7 Å². The quantitative estimate of drug-likeness (QED) is 0.320. The Bertz CT molecular complexity index is 1040. The highest BCUT2D eigenvalue weighted by Crippen LogP contribution is 2.32. The van der Waals surface area contributed by atoms with E-state index >= 15 is 0 Å². The molecule has 7 nitrogen and oxygen atoms in total. The third-order valence-electron chi connectivity index (χ3n) is 4.50. The molecular weight excluding hydrogens is 404 g/mol. The lowest BCUT2D eigenvalue weighted by Gasteiger charge is -2.12. The number of rotatable bonds is 9. The number of nitrogens with one attached hydrogen (secondary N) is 1. The number of pyridine rings is 2. The van der Waals surface area contributed by atoms with Crippen molar-refractivity contribution in [2.45, 2.75) is 19.3 Å². The van der Waals surface area contributed by atoms with Crippen LogP contribution in [0.1, 0.15) is 24.1 Å². The van der Waals surface area contributed by atoms with Gasteiger partial charge < -0.3 is 9.47 Å². The van der Waals surface area contributed by atoms with Gasteiger partial charge in [0.1, 0.15) is 17.0 Å². The molecule has 2 heterocycles. The first-order valence-corrected chi connectivity index (χ1v) is 10.0. The van der Waals surface area contributed by atoms with Gasteiger partial charge in [0.25, 0.3) is 0 Å². The Kier molecular flexibility index (Phi) is 7.57. The van der Waals surface area contributed by atoms with Gasteiger partial charge in [-0.2, -0.15) is 5.10 Å². The predicted molar refractivity (Wildman–Crippen MR) is 117 cm³/mol. The van der Waals surface area contributed by atoms with E-state index in [9.17, 15) is 4.79 Å². The number of fused-ring (bicyclic) bond motifs is 1. The summed E-state index contributed by atoms with van der Waals surface area (Å²) in [6.45, 7) is 0. The van der Waals surface area contributed by atoms with Gasteiger partial charge in [0.05, 0.1) is 25.6 Å². The van der Waals surface area contributed by atoms with Gasteiger partial charge in [-0.25, -0.2) is 5.43 Å². The number of halogens is 1. The Labute approximate surface area is 180 Å². The maximum atomic E-state index is 12.0. The number of hydrogen-bond acceptors (Lipinski definition) is 6. The number of methoxy groups -OCH3 is 2. The number of ether oxygens (including phenoxy) is 2. The highest BCUT2D eigenvalue weighted by Gasteiger charge is 2.14. The van der Waals surface area contributed by atoms with Crippen molar-refractivity contribution in [3.63, 3.8) is 0 Å². The average Bonchev–Trinajstić information content (AvgIpc) is 2.80. The van der Waals surface area contributed by atoms with Gasteiger partial charge in [0, 0.05) is 42.6 Å². The molecule has 156 valence electrons. The van der Waals surface area contributed by atoms with Crippen LogP contribution in [0.4, 0.5) is 0 Å². The molecule has 0 fully saturated rings. The molecule has 30 heavy (non-hydrogen) atoms. The highest BCUT2D eigenvalue weighted by atomic mass is 35.5. The Morgan fingerprint density at radius 3 is 2.70 bits per heavy atom. The van der Waals surface area contributed by atoms with E-state index in [1.165, 1.54) is 0 Å². The van der Waals surface area contributed by atoms with E-state index in [0.29, 0.717) is 48.0 Å². The summed E-state index contributed by atoms with van der Waals surface area (Å²) < 4.78 is 10.9. The first-order chi connectivity index (χ1) is 14.7. The lowest BCUT2D eigenvalue weighted by atomic mass is 10.0. The summed E-state index contributed by atoms with van der Waals surface area (Å²) in [6.07, 6.45) is 4.76. The van der Waals surface area contributed by atoms with E-state index in [0.717, 1.165) is 16.5 Å². The standard InChI is InChI=1S/C22H23ClN4O3/c1-29-16-13-17-15(8-11-25-22(17)20(14-16)30-2)12-19(18-6-3-4-10-24-18)26-27-21(28)7-5-9-23/h3-4,6,8,10-11,13-14H,5,7,9,12H2,1-2H3,(H,27,28). The number of nitrogens with zero attached hydrogens (tertiary/aromatic N) is 3. The van der Waals surface area contributed by atoms with Crippen molar-refractivity contribution < 1.29 is 14.3 Å². The second-order valence-corrected chi connectivity index (χ2v) is 6.85. The molecule has 3 aromatic rings. The summed E-state index contributed by atoms with van der Waals surface area (Å²) in [5.41, 5.74) is 5.60. The molecule has 0 bridgehead atoms. The molecule has 3 rings (SSSR count). The second-order valence-electron chi connectivity index (χ2n) is 6.47. The zero-order valence-electron chi connectivity index (χ0n) is 16.9. The van der Waals surface area contributed by atoms with E-state index in [2.05, 4.69) is 20.5 Å². The molecule has 0 unspecified atom stereocenters. The Morgan fingerprint density at radius 1 is 1.13 bits per heavy atom. The molecule has 0 saturated heterocycles. The van der Waals surface area contributed by atoms with E-state index in [-0.39, 0.29) is 5.91 Å². The van der Waals surface area contributed by atoms with Gasteiger partial charge in [-0.15, -0.1) is 11.6 Å². The van der Waals surface area contributed by atoms with Crippen LogP contribution in [0, 0.1) is 0 Å². The fraction of sp³-hybridized carbons (Fsp3) is 0.273. The zero-order chi connectivity index (χ0) is 21.3. The van der Waals surface area contributed by atoms with E-state index < -0.39 is 0 Å². The van der Waals surface area contributed by atoms with Crippen LogP contribution in [0.15, 0.2) is 53.9 Å². The topological polar surface area (TPSA) is 85.7 Å². The van der Waals surface area contributed by atoms with Crippen LogP contribution in [0.3, 0.4) is 0 Å². The van der Waals surface area contributed by atoms with Crippen molar-refractivity contribution in [2.75, 3.05) is 20.1 Å². The summed E-state index contributed by atoms with van der Waals surface area (Å²) in [7, 11) is 3.20. The minimum atomic E-state index is -0.188. The lowest BCUT2D eigenvalue weighted by Crippen LogP contribution is -2.21. The van der Waals surface area contributed by atoms with Crippen molar-refractivity contribution >= 4 is 34.1 Å². The van der Waals surface area contributed by atoms with Crippen molar-refractivity contribution in [1.29, 1.82) is 0 Å². The van der Waals surface area contributed by atoms with Crippen molar-refractivity contribution in [3.05, 3.63) is 60.0 Å². The molecule has 8 heteroatoms. The van der Waals surface area contributed by atoms with Crippen LogP contribution in [-0.2, 0) is 11.2 Å². The Hall–Kier alpha value is -3.19. The third-order valence-corrected chi connectivity index (χ3v) is 4.77. The molecule has 0 saturated carbocycles. The first-order valence-electron chi connectivity index (χ1n) is 9.48. The Balaban J connectivity index is 2.00. The highest BCUT2D eigenvalue weighted by molar-refractivity contribution is 6.17. The van der Waals surface area contributed by atoms with Gasteiger partial charge in [0.15, 0.2) is 0 Å². The molecule has 2 aromatic heterocycles. The summed E-state index contributed by atoms with van der Waals surface area (Å²) in [4.78, 5) is 20.9. The van der Waals surface area contributed by atoms with Gasteiger partial charge >= 0.3 is 0 Å². The summed E-state index contributed by atoms with van der Waals surface area (Å²) in [6, 6.07) is 11.2. The number of amides is 1. The molecule has 0 spiro atoms. The second kappa shape index (κ2) is 10.5. The van der Waals surface area contributed by atoms with Crippen molar-refractivity contribution in [1.82, 2.24) is 15.4 Å². The number of aromatic nitrogens is 2. The maximum absolute atomic E-state index is 12.0. The summed E-state index contributed by atoms with van der Waals surface area (Å²) >= 11 is 5.66. The van der Waals surface area contributed by atoms with Gasteiger partial charge in [-0.1, -0.05) is 6.07 Å². The van der Waals surface area contributed by atoms with Crippen LogP contribution in [0.5, 0.6) is 11.5 Å². The van der Waals surface area contributed by atoms with Gasteiger partial charge in [-0.05, 0) is 36.2 Å². The van der Waals surface area contributed by atoms with Crippen molar-refractivity contribution in [3.8, 4) is 11.5 Å². The fourth-order valence-electron chi connectivity index (χ4n) is 2.99. The number of hydrogen-bond donors (Lipinski definition) is 1. The molecular formula is C22H23ClN4O3. The molecule has 1 N–H and O–H groups in total. The lowest BCUT2D eigenvalue weighted by molar-refractivity contribution is -0.121. The van der Waals surface area contributed by atoms with Crippen LogP contribution in [0.25, 0.3) is 10.9 Å². The minimum Gasteiger partial charge on any atom is -0.497 e. The smallest absolute Gasteiger partial charge is 0.240 e. The SMILES string of the molecule is COc1cc(OC)c2nccc(CC(=NNC(=O)CCCCl)c3ccccn3)c2c1. The largest absolute Gasteiger partial charge is 0.497 e. The number of hydrazone groups is 1.